The zero-order chi connectivity index (χ0) is 17.6. The van der Waals surface area contributed by atoms with Crippen LogP contribution in [0.1, 0.15) is 12.8 Å². The molecular weight excluding hydrogens is 321 g/mol. The molecule has 5 nitrogen and oxygen atoms in total. The first kappa shape index (κ1) is 17.0. The number of likely N-dealkylation sites (tertiary alicyclic amines) is 1. The standard InChI is InChI=1S/C19H20FN3O2/c20-15-8-10-17(11-9-15)22-19(25)23-12-4-5-14(13-23)18(24)21-16-6-2-1-3-7-16/h1-3,6-11,14H,4-5,12-13H2,(H,21,24)(H,22,25). The first-order valence-electron chi connectivity index (χ1n) is 8.29. The van der Waals surface area contributed by atoms with Crippen molar-refractivity contribution in [1.82, 2.24) is 4.90 Å². The fourth-order valence-electron chi connectivity index (χ4n) is 2.88. The summed E-state index contributed by atoms with van der Waals surface area (Å²) >= 11 is 0. The van der Waals surface area contributed by atoms with Gasteiger partial charge in [-0.05, 0) is 49.2 Å². The highest BCUT2D eigenvalue weighted by Gasteiger charge is 2.28. The van der Waals surface area contributed by atoms with Crippen LogP contribution >= 0.6 is 0 Å². The summed E-state index contributed by atoms with van der Waals surface area (Å²) in [6.07, 6.45) is 1.52. The van der Waals surface area contributed by atoms with Gasteiger partial charge in [-0.2, -0.15) is 0 Å². The first-order chi connectivity index (χ1) is 12.1. The normalized spacial score (nSPS) is 17.0. The van der Waals surface area contributed by atoms with Crippen molar-refractivity contribution in [2.75, 3.05) is 23.7 Å². The zero-order valence-corrected chi connectivity index (χ0v) is 13.7. The van der Waals surface area contributed by atoms with Gasteiger partial charge in [-0.1, -0.05) is 18.2 Å². The molecule has 0 aromatic heterocycles. The minimum Gasteiger partial charge on any atom is -0.326 e. The fourth-order valence-corrected chi connectivity index (χ4v) is 2.88. The molecule has 3 amide bonds. The number of hydrogen-bond acceptors (Lipinski definition) is 2. The van der Waals surface area contributed by atoms with Gasteiger partial charge in [-0.3, -0.25) is 4.79 Å². The summed E-state index contributed by atoms with van der Waals surface area (Å²) in [6.45, 7) is 0.966. The molecule has 2 aromatic carbocycles. The number of hydrogen-bond donors (Lipinski definition) is 2. The van der Waals surface area contributed by atoms with Crippen LogP contribution in [0.25, 0.3) is 0 Å². The summed E-state index contributed by atoms with van der Waals surface area (Å²) in [5, 5.41) is 5.62. The van der Waals surface area contributed by atoms with Crippen LogP contribution in [0.4, 0.5) is 20.6 Å². The lowest BCUT2D eigenvalue weighted by molar-refractivity contribution is -0.121. The Morgan fingerprint density at radius 3 is 2.36 bits per heavy atom. The average Bonchev–Trinajstić information content (AvgIpc) is 2.64. The average molecular weight is 341 g/mol. The predicted molar refractivity (Wildman–Crippen MR) is 94.8 cm³/mol. The van der Waals surface area contributed by atoms with E-state index in [-0.39, 0.29) is 23.7 Å². The Morgan fingerprint density at radius 1 is 0.960 bits per heavy atom. The van der Waals surface area contributed by atoms with Gasteiger partial charge in [0.1, 0.15) is 5.82 Å². The number of halogens is 1. The third kappa shape index (κ3) is 4.56. The second-order valence-corrected chi connectivity index (χ2v) is 6.08. The summed E-state index contributed by atoms with van der Waals surface area (Å²) in [5.74, 6) is -0.674. The molecule has 1 aliphatic rings. The number of carbonyl (C=O) groups excluding carboxylic acids is 2. The van der Waals surface area contributed by atoms with Gasteiger partial charge in [-0.25, -0.2) is 9.18 Å². The molecule has 0 aliphatic carbocycles. The minimum absolute atomic E-state index is 0.0783. The van der Waals surface area contributed by atoms with E-state index in [0.717, 1.165) is 18.5 Å². The van der Waals surface area contributed by atoms with Gasteiger partial charge in [0.15, 0.2) is 0 Å². The van der Waals surface area contributed by atoms with Crippen LogP contribution in [-0.2, 0) is 4.79 Å². The Labute approximate surface area is 145 Å². The van der Waals surface area contributed by atoms with E-state index in [9.17, 15) is 14.0 Å². The van der Waals surface area contributed by atoms with Gasteiger partial charge in [0.2, 0.25) is 5.91 Å². The number of carbonyl (C=O) groups is 2. The molecule has 1 fully saturated rings. The molecule has 3 rings (SSSR count). The van der Waals surface area contributed by atoms with E-state index < -0.39 is 0 Å². The van der Waals surface area contributed by atoms with Crippen LogP contribution in [0, 0.1) is 11.7 Å². The quantitative estimate of drug-likeness (QED) is 0.894. The van der Waals surface area contributed by atoms with Crippen LogP contribution in [0.3, 0.4) is 0 Å². The Hall–Kier alpha value is -2.89. The number of rotatable bonds is 3. The van der Waals surface area contributed by atoms with E-state index in [1.165, 1.54) is 24.3 Å². The Bertz CT molecular complexity index is 734. The molecule has 1 heterocycles. The maximum atomic E-state index is 12.9. The molecule has 1 saturated heterocycles. The number of nitrogens with one attached hydrogen (secondary N) is 2. The Balaban J connectivity index is 1.57. The van der Waals surface area contributed by atoms with Gasteiger partial charge < -0.3 is 15.5 Å². The largest absolute Gasteiger partial charge is 0.326 e. The molecule has 1 unspecified atom stereocenters. The van der Waals surface area contributed by atoms with Gasteiger partial charge in [0.05, 0.1) is 5.92 Å². The monoisotopic (exact) mass is 341 g/mol. The van der Waals surface area contributed by atoms with E-state index in [1.807, 2.05) is 30.3 Å². The van der Waals surface area contributed by atoms with Crippen LogP contribution < -0.4 is 10.6 Å². The second kappa shape index (κ2) is 7.79. The highest BCUT2D eigenvalue weighted by molar-refractivity contribution is 5.94. The minimum atomic E-state index is -0.353. The lowest BCUT2D eigenvalue weighted by atomic mass is 9.97. The van der Waals surface area contributed by atoms with E-state index in [0.29, 0.717) is 18.8 Å². The number of piperidine rings is 1. The molecule has 2 aromatic rings. The summed E-state index contributed by atoms with van der Waals surface area (Å²) < 4.78 is 12.9. The molecule has 0 spiro atoms. The molecule has 130 valence electrons. The highest BCUT2D eigenvalue weighted by atomic mass is 19.1. The van der Waals surface area contributed by atoms with Crippen molar-refractivity contribution in [3.63, 3.8) is 0 Å². The van der Waals surface area contributed by atoms with Crippen molar-refractivity contribution in [3.8, 4) is 0 Å². The SMILES string of the molecule is O=C(Nc1ccccc1)C1CCCN(C(=O)Nc2ccc(F)cc2)C1. The van der Waals surface area contributed by atoms with Gasteiger partial charge in [-0.15, -0.1) is 0 Å². The van der Waals surface area contributed by atoms with Crippen LogP contribution in [0.15, 0.2) is 54.6 Å². The van der Waals surface area contributed by atoms with Crippen molar-refractivity contribution in [2.45, 2.75) is 12.8 Å². The Kier molecular flexibility index (Phi) is 5.28. The molecule has 6 heteroatoms. The van der Waals surface area contributed by atoms with Crippen LogP contribution in [0.5, 0.6) is 0 Å². The number of anilines is 2. The third-order valence-corrected chi connectivity index (χ3v) is 4.22. The molecule has 1 aliphatic heterocycles. The first-order valence-corrected chi connectivity index (χ1v) is 8.29. The van der Waals surface area contributed by atoms with Crippen LogP contribution in [-0.4, -0.2) is 29.9 Å². The van der Waals surface area contributed by atoms with Crippen molar-refractivity contribution in [2.24, 2.45) is 5.92 Å². The zero-order valence-electron chi connectivity index (χ0n) is 13.7. The molecule has 1 atom stereocenters. The van der Waals surface area contributed by atoms with Gasteiger partial charge in [0, 0.05) is 24.5 Å². The van der Waals surface area contributed by atoms with E-state index in [2.05, 4.69) is 10.6 Å². The molecule has 0 radical (unpaired) electrons. The van der Waals surface area contributed by atoms with Gasteiger partial charge >= 0.3 is 6.03 Å². The van der Waals surface area contributed by atoms with Gasteiger partial charge in [0.25, 0.3) is 0 Å². The van der Waals surface area contributed by atoms with Crippen molar-refractivity contribution in [1.29, 1.82) is 0 Å². The van der Waals surface area contributed by atoms with Crippen molar-refractivity contribution < 1.29 is 14.0 Å². The predicted octanol–water partition coefficient (Wildman–Crippen LogP) is 3.71. The van der Waals surface area contributed by atoms with E-state index >= 15 is 0 Å². The highest BCUT2D eigenvalue weighted by Crippen LogP contribution is 2.20. The second-order valence-electron chi connectivity index (χ2n) is 6.08. The number of urea groups is 1. The lowest BCUT2D eigenvalue weighted by Crippen LogP contribution is -2.45. The van der Waals surface area contributed by atoms with E-state index in [1.54, 1.807) is 4.90 Å². The third-order valence-electron chi connectivity index (χ3n) is 4.22. The molecule has 0 bridgehead atoms. The smallest absolute Gasteiger partial charge is 0.321 e. The number of para-hydroxylation sites is 1. The summed E-state index contributed by atoms with van der Waals surface area (Å²) in [5.41, 5.74) is 1.28. The van der Waals surface area contributed by atoms with Crippen molar-refractivity contribution in [3.05, 3.63) is 60.4 Å². The molecule has 0 saturated carbocycles. The number of nitrogens with zero attached hydrogens (tertiary/aromatic N) is 1. The number of benzene rings is 2. The van der Waals surface area contributed by atoms with E-state index in [4.69, 9.17) is 0 Å². The number of amides is 3. The van der Waals surface area contributed by atoms with Crippen LogP contribution in [0.2, 0.25) is 0 Å². The molecular formula is C19H20FN3O2. The fraction of sp³-hybridized carbons (Fsp3) is 0.263. The van der Waals surface area contributed by atoms with Crippen molar-refractivity contribution >= 4 is 23.3 Å². The maximum absolute atomic E-state index is 12.9. The summed E-state index contributed by atoms with van der Waals surface area (Å²) in [6, 6.07) is 14.6. The maximum Gasteiger partial charge on any atom is 0.321 e. The topological polar surface area (TPSA) is 61.4 Å². The summed E-state index contributed by atoms with van der Waals surface area (Å²) in [7, 11) is 0. The lowest BCUT2D eigenvalue weighted by Gasteiger charge is -2.32. The molecule has 2 N–H and O–H groups in total. The summed E-state index contributed by atoms with van der Waals surface area (Å²) in [4.78, 5) is 26.4. The molecule has 25 heavy (non-hydrogen) atoms. The Morgan fingerprint density at radius 2 is 1.64 bits per heavy atom.